The number of carbonyl (C=O) groups excluding carboxylic acids is 2. The molecule has 1 atom stereocenters. The number of amides is 2. The van der Waals surface area contributed by atoms with Crippen LogP contribution in [-0.2, 0) is 11.3 Å². The van der Waals surface area contributed by atoms with Gasteiger partial charge in [0.25, 0.3) is 5.91 Å². The monoisotopic (exact) mass is 423 g/mol. The molecule has 166 valence electrons. The summed E-state index contributed by atoms with van der Waals surface area (Å²) in [5.74, 6) is 0.441. The van der Waals surface area contributed by atoms with Gasteiger partial charge in [0.15, 0.2) is 0 Å². The van der Waals surface area contributed by atoms with Gasteiger partial charge in [-0.25, -0.2) is 0 Å². The summed E-state index contributed by atoms with van der Waals surface area (Å²) in [7, 11) is 1.59. The fourth-order valence-corrected chi connectivity index (χ4v) is 3.83. The first-order valence-corrected chi connectivity index (χ1v) is 10.9. The molecule has 0 aliphatic carbocycles. The van der Waals surface area contributed by atoms with Crippen molar-refractivity contribution in [3.63, 3.8) is 0 Å². The Kier molecular flexibility index (Phi) is 7.69. The van der Waals surface area contributed by atoms with Gasteiger partial charge < -0.3 is 15.0 Å². The smallest absolute Gasteiger partial charge is 0.251 e. The average molecular weight is 424 g/mol. The first-order chi connectivity index (χ1) is 14.9. The highest BCUT2D eigenvalue weighted by Crippen LogP contribution is 2.16. The first-order valence-electron chi connectivity index (χ1n) is 10.9. The maximum atomic E-state index is 13.2. The second-order valence-corrected chi connectivity index (χ2v) is 8.45. The van der Waals surface area contributed by atoms with E-state index in [2.05, 4.69) is 41.4 Å². The molecule has 1 N–H and O–H groups in total. The number of hydrogen-bond donors (Lipinski definition) is 1. The lowest BCUT2D eigenvalue weighted by atomic mass is 10.0. The molecular formula is C25H33N3O3. The van der Waals surface area contributed by atoms with Crippen molar-refractivity contribution in [2.75, 3.05) is 33.3 Å². The van der Waals surface area contributed by atoms with Crippen LogP contribution in [0.25, 0.3) is 0 Å². The van der Waals surface area contributed by atoms with Crippen LogP contribution in [0.1, 0.15) is 35.3 Å². The van der Waals surface area contributed by atoms with Gasteiger partial charge in [-0.1, -0.05) is 38.1 Å². The Bertz CT molecular complexity index is 887. The highest BCUT2D eigenvalue weighted by Gasteiger charge is 2.31. The zero-order valence-corrected chi connectivity index (χ0v) is 18.9. The third-order valence-corrected chi connectivity index (χ3v) is 5.91. The second kappa shape index (κ2) is 10.4. The van der Waals surface area contributed by atoms with Crippen LogP contribution in [-0.4, -0.2) is 60.9 Å². The molecule has 0 spiro atoms. The normalized spacial score (nSPS) is 15.6. The van der Waals surface area contributed by atoms with Crippen molar-refractivity contribution in [2.45, 2.75) is 33.4 Å². The summed E-state index contributed by atoms with van der Waals surface area (Å²) < 4.78 is 5.14. The van der Waals surface area contributed by atoms with Crippen LogP contribution in [0.2, 0.25) is 0 Å². The number of ether oxygens (including phenoxy) is 1. The van der Waals surface area contributed by atoms with Crippen molar-refractivity contribution in [1.29, 1.82) is 0 Å². The minimum atomic E-state index is -0.544. The van der Waals surface area contributed by atoms with E-state index in [9.17, 15) is 9.59 Å². The summed E-state index contributed by atoms with van der Waals surface area (Å²) in [6.07, 6.45) is 0. The SMILES string of the molecule is COc1ccc(C(=O)NC(C(=O)N2CCN(Cc3ccccc3C)CC2)C(C)C)cc1. The molecule has 1 unspecified atom stereocenters. The van der Waals surface area contributed by atoms with Crippen molar-refractivity contribution < 1.29 is 14.3 Å². The van der Waals surface area contributed by atoms with Gasteiger partial charge in [-0.2, -0.15) is 0 Å². The summed E-state index contributed by atoms with van der Waals surface area (Å²) in [5, 5.41) is 2.94. The van der Waals surface area contributed by atoms with Gasteiger partial charge in [-0.15, -0.1) is 0 Å². The lowest BCUT2D eigenvalue weighted by molar-refractivity contribution is -0.136. The fraction of sp³-hybridized carbons (Fsp3) is 0.440. The fourth-order valence-electron chi connectivity index (χ4n) is 3.83. The van der Waals surface area contributed by atoms with Crippen LogP contribution in [0.15, 0.2) is 48.5 Å². The van der Waals surface area contributed by atoms with Crippen LogP contribution in [0.4, 0.5) is 0 Å². The van der Waals surface area contributed by atoms with Crippen molar-refractivity contribution in [1.82, 2.24) is 15.1 Å². The molecule has 6 nitrogen and oxygen atoms in total. The van der Waals surface area contributed by atoms with E-state index in [-0.39, 0.29) is 17.7 Å². The molecule has 0 bridgehead atoms. The Morgan fingerprint density at radius 3 is 2.23 bits per heavy atom. The van der Waals surface area contributed by atoms with Gasteiger partial charge in [-0.3, -0.25) is 14.5 Å². The summed E-state index contributed by atoms with van der Waals surface area (Å²) in [6, 6.07) is 14.8. The molecule has 2 aromatic carbocycles. The molecule has 1 aliphatic heterocycles. The molecule has 3 rings (SSSR count). The third-order valence-electron chi connectivity index (χ3n) is 5.91. The molecule has 1 fully saturated rings. The van der Waals surface area contributed by atoms with E-state index in [1.165, 1.54) is 11.1 Å². The number of nitrogens with one attached hydrogen (secondary N) is 1. The highest BCUT2D eigenvalue weighted by molar-refractivity contribution is 5.97. The van der Waals surface area contributed by atoms with Crippen LogP contribution in [0, 0.1) is 12.8 Å². The standard InChI is InChI=1S/C25H33N3O3/c1-18(2)23(26-24(29)20-9-11-22(31-4)12-10-20)25(30)28-15-13-27(14-16-28)17-21-8-6-5-7-19(21)3/h5-12,18,23H,13-17H2,1-4H3,(H,26,29). The summed E-state index contributed by atoms with van der Waals surface area (Å²) >= 11 is 0. The van der Waals surface area contributed by atoms with Crippen LogP contribution < -0.4 is 10.1 Å². The largest absolute Gasteiger partial charge is 0.497 e. The average Bonchev–Trinajstić information content (AvgIpc) is 2.78. The third kappa shape index (κ3) is 5.85. The van der Waals surface area contributed by atoms with Crippen molar-refractivity contribution in [3.05, 3.63) is 65.2 Å². The van der Waals surface area contributed by atoms with Gasteiger partial charge in [0, 0.05) is 38.3 Å². The van der Waals surface area contributed by atoms with Crippen molar-refractivity contribution in [2.24, 2.45) is 5.92 Å². The number of rotatable bonds is 7. The zero-order chi connectivity index (χ0) is 22.4. The van der Waals surface area contributed by atoms with E-state index in [1.807, 2.05) is 18.7 Å². The number of hydrogen-bond acceptors (Lipinski definition) is 4. The van der Waals surface area contributed by atoms with Crippen LogP contribution in [0.3, 0.4) is 0 Å². The molecule has 2 amide bonds. The molecule has 0 radical (unpaired) electrons. The predicted octanol–water partition coefficient (Wildman–Crippen LogP) is 3.10. The van der Waals surface area contributed by atoms with Gasteiger partial charge in [0.2, 0.25) is 5.91 Å². The molecule has 2 aromatic rings. The molecule has 1 saturated heterocycles. The summed E-state index contributed by atoms with van der Waals surface area (Å²) in [5.41, 5.74) is 3.14. The number of nitrogens with zero attached hydrogens (tertiary/aromatic N) is 2. The Hall–Kier alpha value is -2.86. The Morgan fingerprint density at radius 1 is 1.00 bits per heavy atom. The van der Waals surface area contributed by atoms with Gasteiger partial charge in [-0.05, 0) is 48.2 Å². The van der Waals surface area contributed by atoms with Crippen LogP contribution in [0.5, 0.6) is 5.75 Å². The number of methoxy groups -OCH3 is 1. The number of carbonyl (C=O) groups is 2. The quantitative estimate of drug-likeness (QED) is 0.743. The van der Waals surface area contributed by atoms with E-state index in [0.29, 0.717) is 24.4 Å². The van der Waals surface area contributed by atoms with E-state index < -0.39 is 6.04 Å². The zero-order valence-electron chi connectivity index (χ0n) is 18.9. The minimum absolute atomic E-state index is 0.000281. The van der Waals surface area contributed by atoms with Gasteiger partial charge in [0.1, 0.15) is 11.8 Å². The molecule has 6 heteroatoms. The number of piperazine rings is 1. The van der Waals surface area contributed by atoms with E-state index in [4.69, 9.17) is 4.74 Å². The maximum Gasteiger partial charge on any atom is 0.251 e. The predicted molar refractivity (Wildman–Crippen MR) is 122 cm³/mol. The molecule has 0 aromatic heterocycles. The van der Waals surface area contributed by atoms with Crippen LogP contribution >= 0.6 is 0 Å². The van der Waals surface area contributed by atoms with E-state index >= 15 is 0 Å². The van der Waals surface area contributed by atoms with Gasteiger partial charge in [0.05, 0.1) is 7.11 Å². The summed E-state index contributed by atoms with van der Waals surface area (Å²) in [4.78, 5) is 30.2. The van der Waals surface area contributed by atoms with E-state index in [0.717, 1.165) is 19.6 Å². The topological polar surface area (TPSA) is 61.9 Å². The molecular weight excluding hydrogens is 390 g/mol. The Morgan fingerprint density at radius 2 is 1.65 bits per heavy atom. The molecule has 31 heavy (non-hydrogen) atoms. The maximum absolute atomic E-state index is 13.2. The first kappa shape index (κ1) is 22.8. The van der Waals surface area contributed by atoms with Crippen molar-refractivity contribution >= 4 is 11.8 Å². The number of aryl methyl sites for hydroxylation is 1. The van der Waals surface area contributed by atoms with Gasteiger partial charge >= 0.3 is 0 Å². The van der Waals surface area contributed by atoms with Crippen molar-refractivity contribution in [3.8, 4) is 5.75 Å². The Labute approximate surface area is 185 Å². The minimum Gasteiger partial charge on any atom is -0.497 e. The van der Waals surface area contributed by atoms with E-state index in [1.54, 1.807) is 31.4 Å². The summed E-state index contributed by atoms with van der Waals surface area (Å²) in [6.45, 7) is 9.97. The number of benzene rings is 2. The molecule has 0 saturated carbocycles. The molecule has 1 heterocycles. The second-order valence-electron chi connectivity index (χ2n) is 8.45. The Balaban J connectivity index is 1.57. The lowest BCUT2D eigenvalue weighted by Crippen LogP contribution is -2.56. The highest BCUT2D eigenvalue weighted by atomic mass is 16.5. The molecule has 1 aliphatic rings. The lowest BCUT2D eigenvalue weighted by Gasteiger charge is -2.37.